The first-order valence-electron chi connectivity index (χ1n) is 11.6. The normalized spacial score (nSPS) is 17.8. The first-order chi connectivity index (χ1) is 18.5. The van der Waals surface area contributed by atoms with Gasteiger partial charge < -0.3 is 19.2 Å². The van der Waals surface area contributed by atoms with Crippen LogP contribution in [0.1, 0.15) is 29.3 Å². The summed E-state index contributed by atoms with van der Waals surface area (Å²) in [5.74, 6) is -1.96. The molecule has 0 radical (unpaired) electrons. The van der Waals surface area contributed by atoms with Crippen LogP contribution in [0.15, 0.2) is 45.8 Å². The van der Waals surface area contributed by atoms with Crippen LogP contribution in [0.25, 0.3) is 0 Å². The third-order valence-electron chi connectivity index (χ3n) is 6.36. The van der Waals surface area contributed by atoms with E-state index in [0.29, 0.717) is 46.5 Å². The molecule has 1 atom stereocenters. The maximum absolute atomic E-state index is 14.1. The molecule has 15 heteroatoms. The van der Waals surface area contributed by atoms with Crippen LogP contribution in [-0.4, -0.2) is 52.2 Å². The van der Waals surface area contributed by atoms with Gasteiger partial charge in [-0.2, -0.15) is 13.2 Å². The van der Waals surface area contributed by atoms with Gasteiger partial charge in [-0.15, -0.1) is 11.3 Å². The average molecular weight is 588 g/mol. The van der Waals surface area contributed by atoms with Crippen molar-refractivity contribution in [1.29, 1.82) is 0 Å². The van der Waals surface area contributed by atoms with E-state index in [9.17, 15) is 31.5 Å². The molecule has 1 amide bonds. The molecule has 0 N–H and O–H groups in total. The fraction of sp³-hybridized carbons (Fsp3) is 0.333. The number of oxime groups is 1. The van der Waals surface area contributed by atoms with Crippen LogP contribution in [0.2, 0.25) is 5.02 Å². The van der Waals surface area contributed by atoms with Gasteiger partial charge in [-0.1, -0.05) is 22.8 Å². The summed E-state index contributed by atoms with van der Waals surface area (Å²) in [5, 5.41) is 5.73. The molecule has 0 aliphatic carbocycles. The Hall–Kier alpha value is -3.52. The van der Waals surface area contributed by atoms with Crippen molar-refractivity contribution in [1.82, 2.24) is 14.5 Å². The molecule has 1 unspecified atom stereocenters. The van der Waals surface area contributed by atoms with Gasteiger partial charge >= 0.3 is 6.18 Å². The van der Waals surface area contributed by atoms with Gasteiger partial charge in [0.1, 0.15) is 34.6 Å². The SMILES string of the molecule is O=C(Cn1cc(C(F)(F)F)cc(Cl)c1=O)N1CCN(c2nc(C3=NOC(c4c(F)cccc4F)C3)cs2)CC1. The Bertz CT molecular complexity index is 1480. The standard InChI is InChI=1S/C24H19ClF5N5O3S/c25-14-8-13(24(28,29)30)10-35(22(14)37)11-20(36)33-4-6-34(7-5-33)23-31-18(12-39-23)17-9-19(38-32-17)21-15(26)2-1-3-16(21)27/h1-3,8,10,12,19H,4-7,9,11H2. The van der Waals surface area contributed by atoms with E-state index in [2.05, 4.69) is 10.1 Å². The minimum absolute atomic E-state index is 0.141. The average Bonchev–Trinajstić information content (AvgIpc) is 3.56. The number of alkyl halides is 3. The topological polar surface area (TPSA) is 80.0 Å². The molecule has 0 bridgehead atoms. The fourth-order valence-corrected chi connectivity index (χ4v) is 5.42. The highest BCUT2D eigenvalue weighted by atomic mass is 35.5. The number of nitrogens with zero attached hydrogens (tertiary/aromatic N) is 5. The van der Waals surface area contributed by atoms with Gasteiger partial charge in [0.25, 0.3) is 5.56 Å². The van der Waals surface area contributed by atoms with Gasteiger partial charge in [-0.3, -0.25) is 9.59 Å². The number of piperazine rings is 1. The zero-order valence-electron chi connectivity index (χ0n) is 19.9. The van der Waals surface area contributed by atoms with Gasteiger partial charge in [-0.05, 0) is 18.2 Å². The summed E-state index contributed by atoms with van der Waals surface area (Å²) in [6.07, 6.45) is -4.90. The lowest BCUT2D eigenvalue weighted by Gasteiger charge is -2.34. The molecule has 2 aromatic heterocycles. The van der Waals surface area contributed by atoms with E-state index in [1.807, 2.05) is 4.90 Å². The highest BCUT2D eigenvalue weighted by Crippen LogP contribution is 2.34. The Morgan fingerprint density at radius 1 is 1.15 bits per heavy atom. The monoisotopic (exact) mass is 587 g/mol. The highest BCUT2D eigenvalue weighted by molar-refractivity contribution is 7.14. The van der Waals surface area contributed by atoms with E-state index in [1.54, 1.807) is 5.38 Å². The smallest absolute Gasteiger partial charge is 0.387 e. The molecule has 1 aromatic carbocycles. The van der Waals surface area contributed by atoms with Crippen molar-refractivity contribution in [2.75, 3.05) is 31.1 Å². The van der Waals surface area contributed by atoms with E-state index in [4.69, 9.17) is 16.4 Å². The van der Waals surface area contributed by atoms with Crippen molar-refractivity contribution in [3.8, 4) is 0 Å². The third-order valence-corrected chi connectivity index (χ3v) is 7.53. The lowest BCUT2D eigenvalue weighted by molar-refractivity contribution is -0.138. The Balaban J connectivity index is 1.19. The van der Waals surface area contributed by atoms with Crippen molar-refractivity contribution in [3.63, 3.8) is 0 Å². The van der Waals surface area contributed by atoms with Crippen molar-refractivity contribution < 1.29 is 31.6 Å². The minimum Gasteiger partial charge on any atom is -0.387 e. The Morgan fingerprint density at radius 2 is 1.85 bits per heavy atom. The number of thiazole rings is 1. The van der Waals surface area contributed by atoms with Crippen molar-refractivity contribution >= 4 is 39.7 Å². The molecule has 39 heavy (non-hydrogen) atoms. The Morgan fingerprint density at radius 3 is 2.51 bits per heavy atom. The second kappa shape index (κ2) is 10.6. The van der Waals surface area contributed by atoms with Crippen molar-refractivity contribution in [2.24, 2.45) is 5.16 Å². The molecule has 5 rings (SSSR count). The van der Waals surface area contributed by atoms with Gasteiger partial charge in [0.2, 0.25) is 5.91 Å². The van der Waals surface area contributed by atoms with Gasteiger partial charge in [0.05, 0.1) is 11.1 Å². The van der Waals surface area contributed by atoms with Crippen LogP contribution in [-0.2, 0) is 22.4 Å². The predicted molar refractivity (Wildman–Crippen MR) is 133 cm³/mol. The Kier molecular flexibility index (Phi) is 7.33. The van der Waals surface area contributed by atoms with E-state index in [-0.39, 0.29) is 25.1 Å². The maximum Gasteiger partial charge on any atom is 0.417 e. The van der Waals surface area contributed by atoms with Gasteiger partial charge in [-0.25, -0.2) is 13.8 Å². The van der Waals surface area contributed by atoms with E-state index in [0.717, 1.165) is 12.1 Å². The molecular formula is C24H19ClF5N5O3S. The number of hydrogen-bond donors (Lipinski definition) is 0. The molecule has 3 aromatic rings. The number of halogens is 6. The van der Waals surface area contributed by atoms with Crippen molar-refractivity contribution in [2.45, 2.75) is 25.2 Å². The summed E-state index contributed by atoms with van der Waals surface area (Å²) >= 11 is 6.99. The summed E-state index contributed by atoms with van der Waals surface area (Å²) in [7, 11) is 0. The number of hydrogen-bond acceptors (Lipinski definition) is 7. The van der Waals surface area contributed by atoms with Gasteiger partial charge in [0, 0.05) is 44.2 Å². The predicted octanol–water partition coefficient (Wildman–Crippen LogP) is 4.47. The first kappa shape index (κ1) is 27.1. The fourth-order valence-electron chi connectivity index (χ4n) is 4.31. The largest absolute Gasteiger partial charge is 0.417 e. The van der Waals surface area contributed by atoms with Crippen LogP contribution in [0, 0.1) is 11.6 Å². The molecule has 4 heterocycles. The number of carbonyl (C=O) groups is 1. The van der Waals surface area contributed by atoms with Crippen LogP contribution < -0.4 is 10.5 Å². The third kappa shape index (κ3) is 5.62. The zero-order valence-corrected chi connectivity index (χ0v) is 21.5. The van der Waals surface area contributed by atoms with Crippen LogP contribution in [0.5, 0.6) is 0 Å². The lowest BCUT2D eigenvalue weighted by Crippen LogP contribution is -2.50. The lowest BCUT2D eigenvalue weighted by atomic mass is 10.0. The highest BCUT2D eigenvalue weighted by Gasteiger charge is 2.33. The number of benzene rings is 1. The van der Waals surface area contributed by atoms with Crippen molar-refractivity contribution in [3.05, 3.63) is 79.7 Å². The number of aromatic nitrogens is 2. The maximum atomic E-state index is 14.1. The Labute approximate surface area is 226 Å². The van der Waals surface area contributed by atoms with E-state index >= 15 is 0 Å². The summed E-state index contributed by atoms with van der Waals surface area (Å²) in [4.78, 5) is 38.1. The number of amides is 1. The number of pyridine rings is 1. The van der Waals surface area contributed by atoms with Gasteiger partial charge in [0.15, 0.2) is 11.2 Å². The number of rotatable bonds is 5. The van der Waals surface area contributed by atoms with E-state index < -0.39 is 52.5 Å². The number of anilines is 1. The minimum atomic E-state index is -4.72. The van der Waals surface area contributed by atoms with Crippen LogP contribution >= 0.6 is 22.9 Å². The van der Waals surface area contributed by atoms with Crippen LogP contribution in [0.4, 0.5) is 27.1 Å². The second-order valence-corrected chi connectivity index (χ2v) is 10.1. The molecule has 206 valence electrons. The second-order valence-electron chi connectivity index (χ2n) is 8.86. The summed E-state index contributed by atoms with van der Waals surface area (Å²) in [6.45, 7) is 0.723. The molecule has 2 aliphatic rings. The molecule has 2 aliphatic heterocycles. The number of carbonyl (C=O) groups excluding carboxylic acids is 1. The zero-order chi connectivity index (χ0) is 27.9. The first-order valence-corrected chi connectivity index (χ1v) is 12.9. The molecule has 0 saturated carbocycles. The van der Waals surface area contributed by atoms with E-state index in [1.165, 1.54) is 22.3 Å². The summed E-state index contributed by atoms with van der Waals surface area (Å²) < 4.78 is 68.1. The quantitative estimate of drug-likeness (QED) is 0.412. The summed E-state index contributed by atoms with van der Waals surface area (Å²) in [5.41, 5.74) is -1.24. The molecule has 1 fully saturated rings. The molecule has 0 spiro atoms. The molecule has 8 nitrogen and oxygen atoms in total. The summed E-state index contributed by atoms with van der Waals surface area (Å²) in [6, 6.07) is 4.11. The molecule has 1 saturated heterocycles. The molecular weight excluding hydrogens is 569 g/mol. The van der Waals surface area contributed by atoms with Crippen LogP contribution in [0.3, 0.4) is 0 Å².